The summed E-state index contributed by atoms with van der Waals surface area (Å²) < 4.78 is 0. The number of hydrogen-bond acceptors (Lipinski definition) is 2. The Balaban J connectivity index is 1.87. The van der Waals surface area contributed by atoms with Crippen molar-refractivity contribution >= 4 is 5.91 Å². The highest BCUT2D eigenvalue weighted by Gasteiger charge is 2.31. The zero-order valence-corrected chi connectivity index (χ0v) is 8.25. The van der Waals surface area contributed by atoms with E-state index in [-0.39, 0.29) is 6.04 Å². The van der Waals surface area contributed by atoms with E-state index in [4.69, 9.17) is 0 Å². The molecular formula is C10H18N2O. The second-order valence-corrected chi connectivity index (χ2v) is 4.18. The van der Waals surface area contributed by atoms with Gasteiger partial charge in [-0.2, -0.15) is 0 Å². The highest BCUT2D eigenvalue weighted by molar-refractivity contribution is 5.82. The van der Waals surface area contributed by atoms with Gasteiger partial charge in [-0.1, -0.05) is 0 Å². The summed E-state index contributed by atoms with van der Waals surface area (Å²) in [5.74, 6) is 0.308. The number of rotatable bonds is 2. The molecule has 0 spiro atoms. The largest absolute Gasteiger partial charge is 0.341 e. The lowest BCUT2D eigenvalue weighted by atomic mass is 9.91. The minimum atomic E-state index is 0.116. The molecule has 2 fully saturated rings. The number of likely N-dealkylation sites (N-methyl/N-ethyl adjacent to an activating group) is 1. The lowest BCUT2D eigenvalue weighted by Gasteiger charge is -2.36. The van der Waals surface area contributed by atoms with Crippen LogP contribution in [0.25, 0.3) is 0 Å². The van der Waals surface area contributed by atoms with Crippen molar-refractivity contribution in [2.24, 2.45) is 0 Å². The normalized spacial score (nSPS) is 28.5. The van der Waals surface area contributed by atoms with Crippen molar-refractivity contribution in [2.45, 2.75) is 44.2 Å². The molecule has 1 N–H and O–H groups in total. The summed E-state index contributed by atoms with van der Waals surface area (Å²) in [4.78, 5) is 13.8. The molecule has 0 unspecified atom stereocenters. The molecule has 0 aromatic heterocycles. The van der Waals surface area contributed by atoms with Crippen molar-refractivity contribution in [1.29, 1.82) is 0 Å². The second kappa shape index (κ2) is 3.66. The van der Waals surface area contributed by atoms with E-state index in [1.807, 2.05) is 11.9 Å². The molecule has 3 nitrogen and oxygen atoms in total. The molecule has 13 heavy (non-hydrogen) atoms. The molecule has 1 aliphatic heterocycles. The lowest BCUT2D eigenvalue weighted by molar-refractivity contribution is -0.135. The molecule has 74 valence electrons. The highest BCUT2D eigenvalue weighted by Crippen LogP contribution is 2.24. The molecule has 1 heterocycles. The maximum absolute atomic E-state index is 11.8. The van der Waals surface area contributed by atoms with E-state index in [0.717, 1.165) is 19.4 Å². The number of nitrogens with one attached hydrogen (secondary N) is 1. The molecule has 1 atom stereocenters. The van der Waals surface area contributed by atoms with Gasteiger partial charge in [-0.15, -0.1) is 0 Å². The number of carbonyl (C=O) groups excluding carboxylic acids is 1. The van der Waals surface area contributed by atoms with E-state index in [1.54, 1.807) is 0 Å². The van der Waals surface area contributed by atoms with Crippen LogP contribution >= 0.6 is 0 Å². The summed E-state index contributed by atoms with van der Waals surface area (Å²) in [5, 5.41) is 3.25. The summed E-state index contributed by atoms with van der Waals surface area (Å²) in [6.45, 7) is 1.01. The smallest absolute Gasteiger partial charge is 0.239 e. The van der Waals surface area contributed by atoms with E-state index in [9.17, 15) is 4.79 Å². The maximum atomic E-state index is 11.8. The van der Waals surface area contributed by atoms with Crippen LogP contribution in [0.4, 0.5) is 0 Å². The van der Waals surface area contributed by atoms with Gasteiger partial charge in [0.2, 0.25) is 5.91 Å². The van der Waals surface area contributed by atoms with Crippen molar-refractivity contribution in [3.8, 4) is 0 Å². The van der Waals surface area contributed by atoms with Crippen molar-refractivity contribution in [1.82, 2.24) is 10.2 Å². The average molecular weight is 182 g/mol. The Hall–Kier alpha value is -0.570. The standard InChI is InChI=1S/C10H18N2O/c1-12(8-4-2-5-8)10(13)9-6-3-7-11-9/h8-9,11H,2-7H2,1H3/t9-/m1/s1. The highest BCUT2D eigenvalue weighted by atomic mass is 16.2. The third kappa shape index (κ3) is 1.70. The summed E-state index contributed by atoms with van der Waals surface area (Å²) in [5.41, 5.74) is 0. The van der Waals surface area contributed by atoms with E-state index in [2.05, 4.69) is 5.32 Å². The fraction of sp³-hybridized carbons (Fsp3) is 0.900. The molecule has 0 aromatic rings. The minimum Gasteiger partial charge on any atom is -0.341 e. The van der Waals surface area contributed by atoms with Gasteiger partial charge in [0.1, 0.15) is 0 Å². The number of hydrogen-bond donors (Lipinski definition) is 1. The zero-order chi connectivity index (χ0) is 9.26. The monoisotopic (exact) mass is 182 g/mol. The summed E-state index contributed by atoms with van der Waals surface area (Å²) in [6.07, 6.45) is 5.87. The number of amides is 1. The van der Waals surface area contributed by atoms with Crippen LogP contribution in [0.2, 0.25) is 0 Å². The Morgan fingerprint density at radius 3 is 2.54 bits per heavy atom. The van der Waals surface area contributed by atoms with E-state index < -0.39 is 0 Å². The van der Waals surface area contributed by atoms with Gasteiger partial charge < -0.3 is 10.2 Å². The molecule has 1 aliphatic carbocycles. The van der Waals surface area contributed by atoms with Crippen LogP contribution in [0.1, 0.15) is 32.1 Å². The first-order chi connectivity index (χ1) is 6.29. The predicted octanol–water partition coefficient (Wildman–Crippen LogP) is 0.749. The van der Waals surface area contributed by atoms with Crippen molar-refractivity contribution in [2.75, 3.05) is 13.6 Å². The summed E-state index contributed by atoms with van der Waals surface area (Å²) in [6, 6.07) is 0.653. The molecule has 0 aromatic carbocycles. The van der Waals surface area contributed by atoms with Gasteiger partial charge in [-0.3, -0.25) is 4.79 Å². The van der Waals surface area contributed by atoms with Crippen LogP contribution in [0, 0.1) is 0 Å². The fourth-order valence-corrected chi connectivity index (χ4v) is 2.10. The van der Waals surface area contributed by atoms with Gasteiger partial charge in [-0.25, -0.2) is 0 Å². The second-order valence-electron chi connectivity index (χ2n) is 4.18. The predicted molar refractivity (Wildman–Crippen MR) is 51.4 cm³/mol. The first kappa shape index (κ1) is 9.00. The molecule has 1 saturated heterocycles. The molecule has 0 radical (unpaired) electrons. The van der Waals surface area contributed by atoms with Crippen LogP contribution in [0.15, 0.2) is 0 Å². The van der Waals surface area contributed by atoms with Gasteiger partial charge >= 0.3 is 0 Å². The first-order valence-corrected chi connectivity index (χ1v) is 5.29. The average Bonchev–Trinajstić information content (AvgIpc) is 2.51. The van der Waals surface area contributed by atoms with Gasteiger partial charge in [0, 0.05) is 13.1 Å². The zero-order valence-electron chi connectivity index (χ0n) is 8.25. The van der Waals surface area contributed by atoms with E-state index in [0.29, 0.717) is 11.9 Å². The Morgan fingerprint density at radius 2 is 2.08 bits per heavy atom. The van der Waals surface area contributed by atoms with Crippen molar-refractivity contribution < 1.29 is 4.79 Å². The Morgan fingerprint density at radius 1 is 1.31 bits per heavy atom. The van der Waals surface area contributed by atoms with Gasteiger partial charge in [-0.05, 0) is 38.6 Å². The molecule has 3 heteroatoms. The van der Waals surface area contributed by atoms with Crippen LogP contribution in [-0.2, 0) is 4.79 Å². The third-order valence-corrected chi connectivity index (χ3v) is 3.33. The Kier molecular flexibility index (Phi) is 2.54. The molecule has 2 rings (SSSR count). The van der Waals surface area contributed by atoms with Crippen molar-refractivity contribution in [3.05, 3.63) is 0 Å². The van der Waals surface area contributed by atoms with E-state index in [1.165, 1.54) is 19.3 Å². The lowest BCUT2D eigenvalue weighted by Crippen LogP contribution is -2.48. The first-order valence-electron chi connectivity index (χ1n) is 5.29. The topological polar surface area (TPSA) is 32.3 Å². The van der Waals surface area contributed by atoms with Crippen LogP contribution in [-0.4, -0.2) is 36.5 Å². The van der Waals surface area contributed by atoms with Gasteiger partial charge in [0.15, 0.2) is 0 Å². The molecule has 1 saturated carbocycles. The number of nitrogens with zero attached hydrogens (tertiary/aromatic N) is 1. The molecule has 2 aliphatic rings. The summed E-state index contributed by atoms with van der Waals surface area (Å²) >= 11 is 0. The van der Waals surface area contributed by atoms with Crippen LogP contribution < -0.4 is 5.32 Å². The van der Waals surface area contributed by atoms with Crippen LogP contribution in [0.3, 0.4) is 0 Å². The molecule has 0 bridgehead atoms. The SMILES string of the molecule is CN(C(=O)[C@H]1CCCN1)C1CCC1. The van der Waals surface area contributed by atoms with Crippen molar-refractivity contribution in [3.63, 3.8) is 0 Å². The fourth-order valence-electron chi connectivity index (χ4n) is 2.10. The maximum Gasteiger partial charge on any atom is 0.239 e. The third-order valence-electron chi connectivity index (χ3n) is 3.33. The Labute approximate surface area is 79.5 Å². The van der Waals surface area contributed by atoms with Gasteiger partial charge in [0.05, 0.1) is 6.04 Å². The summed E-state index contributed by atoms with van der Waals surface area (Å²) in [7, 11) is 1.95. The molecular weight excluding hydrogens is 164 g/mol. The molecule has 1 amide bonds. The Bertz CT molecular complexity index is 195. The van der Waals surface area contributed by atoms with E-state index >= 15 is 0 Å². The quantitative estimate of drug-likeness (QED) is 0.683. The van der Waals surface area contributed by atoms with Gasteiger partial charge in [0.25, 0.3) is 0 Å². The van der Waals surface area contributed by atoms with Crippen LogP contribution in [0.5, 0.6) is 0 Å². The minimum absolute atomic E-state index is 0.116. The number of carbonyl (C=O) groups is 1.